The summed E-state index contributed by atoms with van der Waals surface area (Å²) in [5.74, 6) is -0.216. The van der Waals surface area contributed by atoms with Gasteiger partial charge in [0.05, 0.1) is 38.1 Å². The van der Waals surface area contributed by atoms with Gasteiger partial charge in [0.2, 0.25) is 11.7 Å². The van der Waals surface area contributed by atoms with Crippen molar-refractivity contribution < 1.29 is 48.3 Å². The third kappa shape index (κ3) is 9.59. The fourth-order valence-corrected chi connectivity index (χ4v) is 9.47. The number of anilines is 1. The highest BCUT2D eigenvalue weighted by molar-refractivity contribution is 6.03. The Morgan fingerprint density at radius 1 is 0.967 bits per heavy atom. The number of hydrogen-bond donors (Lipinski definition) is 3. The van der Waals surface area contributed by atoms with Gasteiger partial charge < -0.3 is 43.6 Å². The van der Waals surface area contributed by atoms with Crippen LogP contribution in [0.25, 0.3) is 0 Å². The minimum atomic E-state index is -1.36. The number of amides is 2. The van der Waals surface area contributed by atoms with Crippen molar-refractivity contribution in [1.29, 1.82) is 0 Å². The lowest BCUT2D eigenvalue weighted by molar-refractivity contribution is -0.255. The number of likely N-dealkylation sites (N-methyl/N-ethyl adjacent to an activating group) is 1. The highest BCUT2D eigenvalue weighted by Gasteiger charge is 2.65. The van der Waals surface area contributed by atoms with Gasteiger partial charge in [-0.2, -0.15) is 0 Å². The summed E-state index contributed by atoms with van der Waals surface area (Å²) in [6, 6.07) is 19.7. The molecular formula is C48H59N3O10. The van der Waals surface area contributed by atoms with Crippen LogP contribution in [0.3, 0.4) is 0 Å². The Bertz CT molecular complexity index is 2070. The number of carbonyl (C=O) groups is 2. The van der Waals surface area contributed by atoms with Gasteiger partial charge in [-0.15, -0.1) is 6.58 Å². The zero-order valence-electron chi connectivity index (χ0n) is 35.4. The Morgan fingerprint density at radius 3 is 2.43 bits per heavy atom. The quantitative estimate of drug-likeness (QED) is 0.0579. The van der Waals surface area contributed by atoms with Crippen molar-refractivity contribution in [2.24, 2.45) is 28.8 Å². The predicted molar refractivity (Wildman–Crippen MR) is 231 cm³/mol. The van der Waals surface area contributed by atoms with E-state index in [0.29, 0.717) is 47.9 Å². The Labute approximate surface area is 358 Å². The molecule has 2 saturated carbocycles. The zero-order chi connectivity index (χ0) is 42.9. The number of aliphatic hydroxyl groups is 2. The molecule has 3 N–H and O–H groups in total. The molecule has 1 aliphatic heterocycles. The summed E-state index contributed by atoms with van der Waals surface area (Å²) in [5, 5.41) is 27.5. The lowest BCUT2D eigenvalue weighted by Crippen LogP contribution is -2.69. The molecule has 1 heterocycles. The Hall–Kier alpha value is -5.37. The molecule has 0 aromatic heterocycles. The van der Waals surface area contributed by atoms with Crippen LogP contribution < -0.4 is 24.3 Å². The van der Waals surface area contributed by atoms with Gasteiger partial charge in [-0.05, 0) is 91.8 Å². The van der Waals surface area contributed by atoms with Crippen LogP contribution in [0.2, 0.25) is 0 Å². The molecule has 6 atom stereocenters. The number of allylic oxidation sites excluding steroid dienone is 1. The number of fused-ring (bicyclic) bond motifs is 2. The molecule has 2 fully saturated rings. The second-order valence-corrected chi connectivity index (χ2v) is 16.3. The number of benzene rings is 3. The first kappa shape index (κ1) is 43.7. The standard InChI is InChI=1S/C48H59N3O10/c1-5-25-58-48-43(51(2)46(54)32-17-18-32)29-40(50-59-30-31-13-7-6-8-14-31)37-26-33(15-9-11-23-52)36(16-10-12-24-53)44(45(37)48)38-27-35(20-22-41(38)61-48)60-47(55)49-39-21-19-34(56-3)28-42(39)57-4/h5-8,13-14,19-22,26-28,32-33,36,43-45,52-53H,1,9-12,15-18,23-25,29-30H2,2-4H3,(H,49,55). The number of aliphatic hydroxyl groups excluding tert-OH is 2. The highest BCUT2D eigenvalue weighted by Crippen LogP contribution is 2.62. The molecule has 0 saturated heterocycles. The summed E-state index contributed by atoms with van der Waals surface area (Å²) in [5.41, 5.74) is 3.87. The first-order valence-corrected chi connectivity index (χ1v) is 21.5. The van der Waals surface area contributed by atoms with Gasteiger partial charge in [0, 0.05) is 50.1 Å². The first-order valence-electron chi connectivity index (χ1n) is 21.5. The van der Waals surface area contributed by atoms with E-state index in [1.807, 2.05) is 49.5 Å². The maximum absolute atomic E-state index is 14.1. The van der Waals surface area contributed by atoms with Crippen molar-refractivity contribution in [3.63, 3.8) is 0 Å². The van der Waals surface area contributed by atoms with Crippen LogP contribution in [0.15, 0.2) is 96.2 Å². The van der Waals surface area contributed by atoms with Crippen LogP contribution in [-0.2, 0) is 21.0 Å². The maximum Gasteiger partial charge on any atom is 0.417 e. The molecule has 13 nitrogen and oxygen atoms in total. The minimum Gasteiger partial charge on any atom is -0.497 e. The number of nitrogens with one attached hydrogen (secondary N) is 1. The number of oxime groups is 1. The number of unbranched alkanes of at least 4 members (excludes halogenated alkanes) is 2. The van der Waals surface area contributed by atoms with Crippen LogP contribution in [0, 0.1) is 23.7 Å². The molecule has 0 spiro atoms. The lowest BCUT2D eigenvalue weighted by Gasteiger charge is -2.59. The summed E-state index contributed by atoms with van der Waals surface area (Å²) >= 11 is 0. The second kappa shape index (κ2) is 20.0. The molecular weight excluding hydrogens is 779 g/mol. The number of ether oxygens (including phenoxy) is 5. The molecule has 3 aromatic rings. The van der Waals surface area contributed by atoms with Crippen molar-refractivity contribution in [3.8, 4) is 23.0 Å². The van der Waals surface area contributed by atoms with Gasteiger partial charge in [-0.1, -0.05) is 60.5 Å². The molecule has 2 amide bonds. The lowest BCUT2D eigenvalue weighted by atomic mass is 9.55. The van der Waals surface area contributed by atoms with Crippen molar-refractivity contribution >= 4 is 23.4 Å². The maximum atomic E-state index is 14.1. The van der Waals surface area contributed by atoms with Crippen LogP contribution >= 0.6 is 0 Å². The fourth-order valence-electron chi connectivity index (χ4n) is 9.47. The molecule has 0 bridgehead atoms. The zero-order valence-corrected chi connectivity index (χ0v) is 35.4. The summed E-state index contributed by atoms with van der Waals surface area (Å²) in [7, 11) is 4.90. The number of rotatable bonds is 20. The number of carbonyl (C=O) groups excluding carboxylic acids is 2. The van der Waals surface area contributed by atoms with E-state index in [4.69, 9.17) is 33.7 Å². The van der Waals surface area contributed by atoms with Gasteiger partial charge in [0.15, 0.2) is 0 Å². The average molecular weight is 838 g/mol. The van der Waals surface area contributed by atoms with E-state index in [9.17, 15) is 19.8 Å². The third-order valence-electron chi connectivity index (χ3n) is 12.5. The number of nitrogens with zero attached hydrogens (tertiary/aromatic N) is 2. The first-order chi connectivity index (χ1) is 29.7. The van der Waals surface area contributed by atoms with E-state index in [-0.39, 0.29) is 56.0 Å². The smallest absolute Gasteiger partial charge is 0.417 e. The molecule has 4 aliphatic rings. The Kier molecular flexibility index (Phi) is 14.3. The van der Waals surface area contributed by atoms with Crippen LogP contribution in [0.5, 0.6) is 23.0 Å². The van der Waals surface area contributed by atoms with Crippen molar-refractivity contribution in [3.05, 3.63) is 102 Å². The van der Waals surface area contributed by atoms with Gasteiger partial charge in [-0.3, -0.25) is 10.1 Å². The van der Waals surface area contributed by atoms with E-state index in [1.165, 1.54) is 7.11 Å². The minimum absolute atomic E-state index is 0.00987. The summed E-state index contributed by atoms with van der Waals surface area (Å²) in [6.45, 7) is 4.59. The molecule has 3 aliphatic carbocycles. The van der Waals surface area contributed by atoms with Crippen LogP contribution in [-0.4, -0.2) is 85.7 Å². The summed E-state index contributed by atoms with van der Waals surface area (Å²) in [4.78, 5) is 35.5. The molecule has 326 valence electrons. The van der Waals surface area contributed by atoms with Crippen LogP contribution in [0.4, 0.5) is 10.5 Å². The van der Waals surface area contributed by atoms with E-state index in [0.717, 1.165) is 60.9 Å². The van der Waals surface area contributed by atoms with Gasteiger partial charge in [-0.25, -0.2) is 4.79 Å². The van der Waals surface area contributed by atoms with Crippen molar-refractivity contribution in [2.45, 2.75) is 82.1 Å². The molecule has 3 aromatic carbocycles. The second-order valence-electron chi connectivity index (χ2n) is 16.3. The number of methoxy groups -OCH3 is 2. The topological polar surface area (TPSA) is 158 Å². The predicted octanol–water partition coefficient (Wildman–Crippen LogP) is 8.02. The average Bonchev–Trinajstić information content (AvgIpc) is 4.13. The Balaban J connectivity index is 1.35. The Morgan fingerprint density at radius 2 is 1.72 bits per heavy atom. The monoisotopic (exact) mass is 837 g/mol. The third-order valence-corrected chi connectivity index (χ3v) is 12.5. The van der Waals surface area contributed by atoms with Gasteiger partial charge >= 0.3 is 6.09 Å². The fraction of sp³-hybridized carbons (Fsp3) is 0.479. The number of hydrogen-bond acceptors (Lipinski definition) is 11. The summed E-state index contributed by atoms with van der Waals surface area (Å²) in [6.07, 6.45) is 9.73. The molecule has 61 heavy (non-hydrogen) atoms. The van der Waals surface area contributed by atoms with E-state index >= 15 is 0 Å². The van der Waals surface area contributed by atoms with Gasteiger partial charge in [0.25, 0.3) is 0 Å². The SMILES string of the molecule is C=CCOC12Oc3ccc(OC(=O)Nc4ccc(OC)cc4OC)cc3C3C(CCCCO)C(CCCCO)C=C(C(=NOCc4ccccc4)CC1N(C)C(=O)C1CC1)C32. The van der Waals surface area contributed by atoms with Crippen molar-refractivity contribution in [1.82, 2.24) is 4.90 Å². The summed E-state index contributed by atoms with van der Waals surface area (Å²) < 4.78 is 31.0. The van der Waals surface area contributed by atoms with E-state index < -0.39 is 23.8 Å². The highest BCUT2D eigenvalue weighted by atomic mass is 16.7. The van der Waals surface area contributed by atoms with E-state index in [1.54, 1.807) is 42.4 Å². The van der Waals surface area contributed by atoms with Crippen LogP contribution in [0.1, 0.15) is 74.8 Å². The van der Waals surface area contributed by atoms with Crippen molar-refractivity contribution in [2.75, 3.05) is 46.4 Å². The largest absolute Gasteiger partial charge is 0.497 e. The normalized spacial score (nSPS) is 24.3. The molecule has 7 rings (SSSR count). The molecule has 13 heteroatoms. The molecule has 0 radical (unpaired) electrons. The van der Waals surface area contributed by atoms with Gasteiger partial charge in [0.1, 0.15) is 35.6 Å². The molecule has 6 unspecified atom stereocenters. The van der Waals surface area contributed by atoms with E-state index in [2.05, 4.69) is 18.0 Å².